The van der Waals surface area contributed by atoms with Crippen LogP contribution < -0.4 is 10.6 Å². The molecule has 1 unspecified atom stereocenters. The van der Waals surface area contributed by atoms with Crippen molar-refractivity contribution in [3.63, 3.8) is 0 Å². The monoisotopic (exact) mass is 184 g/mol. The van der Waals surface area contributed by atoms with E-state index >= 15 is 0 Å². The molecule has 0 aliphatic heterocycles. The first-order chi connectivity index (χ1) is 5.56. The van der Waals surface area contributed by atoms with Gasteiger partial charge in [-0.15, -0.1) is 6.58 Å². The molecule has 1 aliphatic carbocycles. The molecule has 0 aromatic heterocycles. The average molecular weight is 184 g/mol. The second kappa shape index (κ2) is 3.44. The third kappa shape index (κ3) is 2.48. The molecule has 0 heterocycles. The molecule has 0 saturated heterocycles. The molecule has 0 bridgehead atoms. The first-order valence-corrected chi connectivity index (χ1v) is 4.62. The predicted octanol–water partition coefficient (Wildman–Crippen LogP) is 1.43. The Labute approximate surface area is 79.4 Å². The van der Waals surface area contributed by atoms with E-state index in [-0.39, 0.29) is 0 Å². The summed E-state index contributed by atoms with van der Waals surface area (Å²) in [5, 5.41) is 7.04. The molecular formula is C9H16N2S. The van der Waals surface area contributed by atoms with Gasteiger partial charge in [-0.25, -0.2) is 0 Å². The first-order valence-electron chi connectivity index (χ1n) is 4.21. The van der Waals surface area contributed by atoms with E-state index in [2.05, 4.69) is 31.1 Å². The zero-order valence-electron chi connectivity index (χ0n) is 7.68. The summed E-state index contributed by atoms with van der Waals surface area (Å²) >= 11 is 5.07. The summed E-state index contributed by atoms with van der Waals surface area (Å²) in [6, 6.07) is 0.558. The Morgan fingerprint density at radius 3 is 2.75 bits per heavy atom. The van der Waals surface area contributed by atoms with Crippen molar-refractivity contribution < 1.29 is 0 Å². The van der Waals surface area contributed by atoms with Crippen LogP contribution in [0.25, 0.3) is 0 Å². The van der Waals surface area contributed by atoms with Crippen LogP contribution in [-0.2, 0) is 0 Å². The van der Waals surface area contributed by atoms with Crippen molar-refractivity contribution in [2.45, 2.75) is 26.3 Å². The molecule has 2 nitrogen and oxygen atoms in total. The zero-order valence-corrected chi connectivity index (χ0v) is 8.50. The van der Waals surface area contributed by atoms with Crippen LogP contribution in [0.5, 0.6) is 0 Å². The van der Waals surface area contributed by atoms with E-state index in [9.17, 15) is 0 Å². The summed E-state index contributed by atoms with van der Waals surface area (Å²) in [4.78, 5) is 0. The average Bonchev–Trinajstić information content (AvgIpc) is 2.54. The molecule has 3 heteroatoms. The van der Waals surface area contributed by atoms with Gasteiger partial charge in [0.1, 0.15) is 0 Å². The van der Waals surface area contributed by atoms with E-state index in [1.165, 1.54) is 6.42 Å². The lowest BCUT2D eigenvalue weighted by molar-refractivity contribution is 0.593. The van der Waals surface area contributed by atoms with Gasteiger partial charge in [-0.05, 0) is 24.1 Å². The van der Waals surface area contributed by atoms with Gasteiger partial charge in [-0.2, -0.15) is 0 Å². The van der Waals surface area contributed by atoms with Crippen molar-refractivity contribution in [2.24, 2.45) is 5.41 Å². The van der Waals surface area contributed by atoms with Crippen LogP contribution in [0.15, 0.2) is 12.7 Å². The Morgan fingerprint density at radius 2 is 2.33 bits per heavy atom. The van der Waals surface area contributed by atoms with Gasteiger partial charge < -0.3 is 10.6 Å². The first kappa shape index (κ1) is 9.52. The fourth-order valence-corrected chi connectivity index (χ4v) is 1.31. The number of thiocarbonyl (C=S) groups is 1. The van der Waals surface area contributed by atoms with Gasteiger partial charge in [0.05, 0.1) is 0 Å². The molecule has 0 amide bonds. The second-order valence-electron chi connectivity index (χ2n) is 3.89. The molecular weight excluding hydrogens is 168 g/mol. The Balaban J connectivity index is 2.16. The summed E-state index contributed by atoms with van der Waals surface area (Å²) in [6.07, 6.45) is 3.01. The maximum absolute atomic E-state index is 5.07. The highest BCUT2D eigenvalue weighted by Crippen LogP contribution is 2.44. The number of hydrogen-bond donors (Lipinski definition) is 2. The van der Waals surface area contributed by atoms with Crippen molar-refractivity contribution in [1.29, 1.82) is 0 Å². The van der Waals surface area contributed by atoms with Gasteiger partial charge in [0.2, 0.25) is 0 Å². The number of hydrogen-bond acceptors (Lipinski definition) is 1. The summed E-state index contributed by atoms with van der Waals surface area (Å²) in [7, 11) is 0. The van der Waals surface area contributed by atoms with Crippen molar-refractivity contribution >= 4 is 17.3 Å². The quantitative estimate of drug-likeness (QED) is 0.512. The van der Waals surface area contributed by atoms with E-state index in [0.717, 1.165) is 11.7 Å². The summed E-state index contributed by atoms with van der Waals surface area (Å²) < 4.78 is 0. The molecule has 0 aromatic carbocycles. The molecule has 1 fully saturated rings. The van der Waals surface area contributed by atoms with Gasteiger partial charge in [0, 0.05) is 12.6 Å². The van der Waals surface area contributed by atoms with Gasteiger partial charge in [-0.1, -0.05) is 19.9 Å². The van der Waals surface area contributed by atoms with Crippen LogP contribution in [-0.4, -0.2) is 17.7 Å². The van der Waals surface area contributed by atoms with Crippen LogP contribution in [0.2, 0.25) is 0 Å². The fourth-order valence-electron chi connectivity index (χ4n) is 1.09. The summed E-state index contributed by atoms with van der Waals surface area (Å²) in [5.74, 6) is 0. The van der Waals surface area contributed by atoms with Gasteiger partial charge in [-0.3, -0.25) is 0 Å². The molecule has 1 saturated carbocycles. The topological polar surface area (TPSA) is 24.1 Å². The van der Waals surface area contributed by atoms with Crippen LogP contribution in [0.3, 0.4) is 0 Å². The molecule has 2 N–H and O–H groups in total. The van der Waals surface area contributed by atoms with Crippen LogP contribution in [0, 0.1) is 5.41 Å². The lowest BCUT2D eigenvalue weighted by Crippen LogP contribution is -2.37. The van der Waals surface area contributed by atoms with Crippen molar-refractivity contribution in [1.82, 2.24) is 10.6 Å². The van der Waals surface area contributed by atoms with Gasteiger partial charge >= 0.3 is 0 Å². The SMILES string of the molecule is C=CCNC(=S)NC1CC1(C)C. The number of nitrogens with one attached hydrogen (secondary N) is 2. The molecule has 68 valence electrons. The Bertz CT molecular complexity index is 199. The molecule has 1 atom stereocenters. The minimum absolute atomic E-state index is 0.430. The third-order valence-corrected chi connectivity index (χ3v) is 2.49. The maximum Gasteiger partial charge on any atom is 0.166 e. The van der Waals surface area contributed by atoms with Crippen molar-refractivity contribution in [3.8, 4) is 0 Å². The lowest BCUT2D eigenvalue weighted by atomic mass is 10.2. The normalized spacial score (nSPS) is 24.3. The van der Waals surface area contributed by atoms with E-state index in [1.807, 2.05) is 0 Å². The third-order valence-electron chi connectivity index (χ3n) is 2.23. The molecule has 12 heavy (non-hydrogen) atoms. The second-order valence-corrected chi connectivity index (χ2v) is 4.30. The number of rotatable bonds is 3. The fraction of sp³-hybridized carbons (Fsp3) is 0.667. The Kier molecular flexibility index (Phi) is 2.73. The zero-order chi connectivity index (χ0) is 9.19. The highest BCUT2D eigenvalue weighted by molar-refractivity contribution is 7.80. The minimum Gasteiger partial charge on any atom is -0.359 e. The van der Waals surface area contributed by atoms with E-state index in [0.29, 0.717) is 11.5 Å². The molecule has 0 aromatic rings. The van der Waals surface area contributed by atoms with Crippen LogP contribution in [0.4, 0.5) is 0 Å². The van der Waals surface area contributed by atoms with Gasteiger partial charge in [0.25, 0.3) is 0 Å². The minimum atomic E-state index is 0.430. The Morgan fingerprint density at radius 1 is 1.75 bits per heavy atom. The summed E-state index contributed by atoms with van der Waals surface area (Å²) in [6.45, 7) is 8.81. The largest absolute Gasteiger partial charge is 0.359 e. The molecule has 0 radical (unpaired) electrons. The summed E-state index contributed by atoms with van der Waals surface area (Å²) in [5.41, 5.74) is 0.430. The van der Waals surface area contributed by atoms with Gasteiger partial charge in [0.15, 0.2) is 5.11 Å². The van der Waals surface area contributed by atoms with E-state index < -0.39 is 0 Å². The molecule has 1 rings (SSSR count). The molecule has 0 spiro atoms. The standard InChI is InChI=1S/C9H16N2S/c1-4-5-10-8(12)11-7-6-9(7,2)3/h4,7H,1,5-6H2,2-3H3,(H2,10,11,12). The highest BCUT2D eigenvalue weighted by Gasteiger charge is 2.45. The maximum atomic E-state index is 5.07. The van der Waals surface area contributed by atoms with E-state index in [1.54, 1.807) is 6.08 Å². The molecule has 1 aliphatic rings. The van der Waals surface area contributed by atoms with Crippen molar-refractivity contribution in [2.75, 3.05) is 6.54 Å². The Hall–Kier alpha value is -0.570. The van der Waals surface area contributed by atoms with Crippen molar-refractivity contribution in [3.05, 3.63) is 12.7 Å². The van der Waals surface area contributed by atoms with Crippen LogP contribution in [0.1, 0.15) is 20.3 Å². The highest BCUT2D eigenvalue weighted by atomic mass is 32.1. The predicted molar refractivity (Wildman–Crippen MR) is 56.1 cm³/mol. The van der Waals surface area contributed by atoms with Crippen LogP contribution >= 0.6 is 12.2 Å². The lowest BCUT2D eigenvalue weighted by Gasteiger charge is -2.09. The van der Waals surface area contributed by atoms with E-state index in [4.69, 9.17) is 12.2 Å². The smallest absolute Gasteiger partial charge is 0.166 e.